The summed E-state index contributed by atoms with van der Waals surface area (Å²) in [5.74, 6) is -1.78. The largest absolute Gasteiger partial charge is 0.493 e. The van der Waals surface area contributed by atoms with Crippen molar-refractivity contribution in [1.29, 1.82) is 0 Å². The summed E-state index contributed by atoms with van der Waals surface area (Å²) in [5.41, 5.74) is 2.09. The third-order valence-corrected chi connectivity index (χ3v) is 3.93. The Morgan fingerprint density at radius 3 is 2.44 bits per heavy atom. The summed E-state index contributed by atoms with van der Waals surface area (Å²) >= 11 is 1.14. The summed E-state index contributed by atoms with van der Waals surface area (Å²) in [6.07, 6.45) is 3.37. The van der Waals surface area contributed by atoms with Crippen molar-refractivity contribution in [3.05, 3.63) is 41.6 Å². The summed E-state index contributed by atoms with van der Waals surface area (Å²) in [4.78, 5) is 19.7. The van der Waals surface area contributed by atoms with Gasteiger partial charge in [0.1, 0.15) is 5.69 Å². The van der Waals surface area contributed by atoms with Gasteiger partial charge in [0.05, 0.1) is 0 Å². The smallest absolute Gasteiger partial charge is 0.262 e. The SMILES string of the molecule is CSc1nc(O)c(C(=O)NCc2ccc(-c3c[nH]nn3)cc2)c(O)n1. The first kappa shape index (κ1) is 16.7. The highest BCUT2D eigenvalue weighted by Crippen LogP contribution is 2.25. The number of carbonyl (C=O) groups excluding carboxylic acids is 1. The molecule has 0 radical (unpaired) electrons. The van der Waals surface area contributed by atoms with E-state index in [0.717, 1.165) is 28.6 Å². The highest BCUT2D eigenvalue weighted by atomic mass is 32.2. The van der Waals surface area contributed by atoms with Gasteiger partial charge < -0.3 is 15.5 Å². The number of amides is 1. The number of aromatic hydroxyl groups is 2. The van der Waals surface area contributed by atoms with Crippen LogP contribution in [0.15, 0.2) is 35.6 Å². The van der Waals surface area contributed by atoms with E-state index in [1.54, 1.807) is 12.5 Å². The molecule has 0 aliphatic heterocycles. The van der Waals surface area contributed by atoms with Gasteiger partial charge in [0.15, 0.2) is 10.7 Å². The van der Waals surface area contributed by atoms with Gasteiger partial charge in [-0.1, -0.05) is 41.2 Å². The molecule has 0 saturated heterocycles. The van der Waals surface area contributed by atoms with Crippen LogP contribution in [0.2, 0.25) is 0 Å². The van der Waals surface area contributed by atoms with Crippen LogP contribution >= 0.6 is 11.8 Å². The fourth-order valence-corrected chi connectivity index (χ4v) is 2.47. The Bertz CT molecular complexity index is 860. The number of nitrogens with zero attached hydrogens (tertiary/aromatic N) is 4. The number of aromatic amines is 1. The van der Waals surface area contributed by atoms with Crippen molar-refractivity contribution in [3.8, 4) is 23.0 Å². The van der Waals surface area contributed by atoms with Crippen LogP contribution in [0.5, 0.6) is 11.8 Å². The lowest BCUT2D eigenvalue weighted by atomic mass is 10.1. The van der Waals surface area contributed by atoms with Crippen molar-refractivity contribution in [2.75, 3.05) is 6.26 Å². The number of hydrogen-bond acceptors (Lipinski definition) is 8. The molecule has 0 saturated carbocycles. The predicted molar refractivity (Wildman–Crippen MR) is 90.1 cm³/mol. The second kappa shape index (κ2) is 7.18. The monoisotopic (exact) mass is 358 g/mol. The summed E-state index contributed by atoms with van der Waals surface area (Å²) in [6.45, 7) is 0.209. The molecule has 3 aromatic rings. The quantitative estimate of drug-likeness (QED) is 0.396. The zero-order valence-electron chi connectivity index (χ0n) is 13.1. The van der Waals surface area contributed by atoms with E-state index in [0.29, 0.717) is 0 Å². The van der Waals surface area contributed by atoms with Crippen LogP contribution in [-0.2, 0) is 6.54 Å². The molecule has 9 nitrogen and oxygen atoms in total. The zero-order valence-corrected chi connectivity index (χ0v) is 13.9. The van der Waals surface area contributed by atoms with Crippen LogP contribution in [0.3, 0.4) is 0 Å². The molecule has 128 valence electrons. The second-order valence-corrected chi connectivity index (χ2v) is 5.74. The van der Waals surface area contributed by atoms with E-state index in [4.69, 9.17) is 0 Å². The van der Waals surface area contributed by atoms with Gasteiger partial charge in [-0.05, 0) is 11.8 Å². The molecule has 2 aromatic heterocycles. The van der Waals surface area contributed by atoms with E-state index < -0.39 is 17.7 Å². The number of carbonyl (C=O) groups is 1. The fourth-order valence-electron chi connectivity index (χ4n) is 2.12. The minimum Gasteiger partial charge on any atom is -0.493 e. The average molecular weight is 358 g/mol. The number of hydrogen-bond donors (Lipinski definition) is 4. The van der Waals surface area contributed by atoms with Crippen molar-refractivity contribution in [3.63, 3.8) is 0 Å². The number of aromatic nitrogens is 5. The van der Waals surface area contributed by atoms with Crippen molar-refractivity contribution in [2.45, 2.75) is 11.7 Å². The molecule has 10 heteroatoms. The lowest BCUT2D eigenvalue weighted by Gasteiger charge is -2.08. The minimum absolute atomic E-state index is 0.176. The molecule has 1 aromatic carbocycles. The second-order valence-electron chi connectivity index (χ2n) is 4.97. The summed E-state index contributed by atoms with van der Waals surface area (Å²) in [7, 11) is 0. The minimum atomic E-state index is -0.664. The van der Waals surface area contributed by atoms with Crippen LogP contribution < -0.4 is 5.32 Å². The standard InChI is InChI=1S/C15H14N6O3S/c1-25-15-18-13(23)11(14(24)19-15)12(22)16-6-8-2-4-9(5-3-8)10-7-17-21-20-10/h2-5,7H,6H2,1H3,(H,16,22)(H,17,20,21)(H2,18,19,23,24). The summed E-state index contributed by atoms with van der Waals surface area (Å²) in [6, 6.07) is 7.37. The van der Waals surface area contributed by atoms with Crippen LogP contribution in [0.1, 0.15) is 15.9 Å². The highest BCUT2D eigenvalue weighted by molar-refractivity contribution is 7.98. The van der Waals surface area contributed by atoms with Crippen LogP contribution in [0.25, 0.3) is 11.3 Å². The van der Waals surface area contributed by atoms with E-state index >= 15 is 0 Å². The molecule has 0 aliphatic carbocycles. The first-order valence-corrected chi connectivity index (χ1v) is 8.39. The zero-order chi connectivity index (χ0) is 17.8. The van der Waals surface area contributed by atoms with Gasteiger partial charge in [0.2, 0.25) is 11.8 Å². The highest BCUT2D eigenvalue weighted by Gasteiger charge is 2.20. The van der Waals surface area contributed by atoms with E-state index in [2.05, 4.69) is 30.7 Å². The molecule has 0 fully saturated rings. The molecule has 0 spiro atoms. The third-order valence-electron chi connectivity index (χ3n) is 3.38. The molecule has 0 atom stereocenters. The summed E-state index contributed by atoms with van der Waals surface area (Å²) in [5, 5.41) is 32.6. The normalized spacial score (nSPS) is 10.6. The number of H-pyrrole nitrogens is 1. The Kier molecular flexibility index (Phi) is 4.80. The number of thioether (sulfide) groups is 1. The average Bonchev–Trinajstić information content (AvgIpc) is 3.14. The fraction of sp³-hybridized carbons (Fsp3) is 0.133. The molecule has 0 unspecified atom stereocenters. The first-order chi connectivity index (χ1) is 12.1. The van der Waals surface area contributed by atoms with Gasteiger partial charge in [-0.25, -0.2) is 0 Å². The molecule has 1 amide bonds. The van der Waals surface area contributed by atoms with Gasteiger partial charge in [0, 0.05) is 18.3 Å². The molecule has 3 rings (SSSR count). The van der Waals surface area contributed by atoms with E-state index in [-0.39, 0.29) is 17.3 Å². The Balaban J connectivity index is 1.68. The Morgan fingerprint density at radius 1 is 1.20 bits per heavy atom. The van der Waals surface area contributed by atoms with Crippen molar-refractivity contribution in [1.82, 2.24) is 30.7 Å². The topological polar surface area (TPSA) is 137 Å². The van der Waals surface area contributed by atoms with E-state index in [1.807, 2.05) is 24.3 Å². The van der Waals surface area contributed by atoms with Crippen LogP contribution in [-0.4, -0.2) is 47.8 Å². The Labute approximate surface area is 146 Å². The first-order valence-electron chi connectivity index (χ1n) is 7.16. The lowest BCUT2D eigenvalue weighted by molar-refractivity contribution is 0.0943. The van der Waals surface area contributed by atoms with Crippen LogP contribution in [0, 0.1) is 0 Å². The Morgan fingerprint density at radius 2 is 1.88 bits per heavy atom. The van der Waals surface area contributed by atoms with Crippen LogP contribution in [0.4, 0.5) is 0 Å². The van der Waals surface area contributed by atoms with Gasteiger partial charge in [-0.2, -0.15) is 9.97 Å². The molecular weight excluding hydrogens is 344 g/mol. The molecular formula is C15H14N6O3S. The molecule has 4 N–H and O–H groups in total. The number of rotatable bonds is 5. The van der Waals surface area contributed by atoms with E-state index in [1.165, 1.54) is 0 Å². The number of benzene rings is 1. The van der Waals surface area contributed by atoms with Crippen molar-refractivity contribution >= 4 is 17.7 Å². The third kappa shape index (κ3) is 3.69. The summed E-state index contributed by atoms with van der Waals surface area (Å²) < 4.78 is 0. The van der Waals surface area contributed by atoms with Crippen molar-refractivity contribution < 1.29 is 15.0 Å². The lowest BCUT2D eigenvalue weighted by Crippen LogP contribution is -2.23. The van der Waals surface area contributed by atoms with Gasteiger partial charge in [-0.15, -0.1) is 5.10 Å². The maximum Gasteiger partial charge on any atom is 0.262 e. The van der Waals surface area contributed by atoms with Crippen molar-refractivity contribution in [2.24, 2.45) is 0 Å². The number of nitrogens with one attached hydrogen (secondary N) is 2. The van der Waals surface area contributed by atoms with Gasteiger partial charge in [0.25, 0.3) is 5.91 Å². The molecule has 0 bridgehead atoms. The maximum absolute atomic E-state index is 12.2. The van der Waals surface area contributed by atoms with Gasteiger partial charge >= 0.3 is 0 Å². The predicted octanol–water partition coefficient (Wildman–Crippen LogP) is 1.32. The Hall–Kier alpha value is -3.14. The van der Waals surface area contributed by atoms with E-state index in [9.17, 15) is 15.0 Å². The molecule has 0 aliphatic rings. The molecule has 2 heterocycles. The maximum atomic E-state index is 12.2. The van der Waals surface area contributed by atoms with Gasteiger partial charge in [-0.3, -0.25) is 9.89 Å². The molecule has 25 heavy (non-hydrogen) atoms.